The van der Waals surface area contributed by atoms with Crippen molar-refractivity contribution in [2.75, 3.05) is 13.1 Å². The van der Waals surface area contributed by atoms with Crippen LogP contribution in [0, 0.1) is 0 Å². The first kappa shape index (κ1) is 14.3. The Kier molecular flexibility index (Phi) is 4.69. The van der Waals surface area contributed by atoms with E-state index in [9.17, 15) is 8.42 Å². The lowest BCUT2D eigenvalue weighted by molar-refractivity contribution is 0.423. The molecule has 100 valence electrons. The van der Waals surface area contributed by atoms with Crippen LogP contribution in [0.5, 0.6) is 0 Å². The lowest BCUT2D eigenvalue weighted by atomic mass is 10.2. The predicted molar refractivity (Wildman–Crippen MR) is 76.4 cm³/mol. The molecular weight excluding hydrogens is 338 g/mol. The van der Waals surface area contributed by atoms with Crippen molar-refractivity contribution in [2.24, 2.45) is 0 Å². The number of halogens is 2. The number of rotatable bonds is 2. The Bertz CT molecular complexity index is 505. The highest BCUT2D eigenvalue weighted by molar-refractivity contribution is 9.10. The standard InChI is InChI=1S/C12H15BrClNO2S/c13-10-6-5-7-11(14)12(10)18(16,17)15-8-3-1-2-4-9-15/h5-7H,1-4,8-9H2. The number of sulfonamides is 1. The molecule has 0 aromatic heterocycles. The van der Waals surface area contributed by atoms with Crippen molar-refractivity contribution in [3.05, 3.63) is 27.7 Å². The molecule has 1 heterocycles. The van der Waals surface area contributed by atoms with Gasteiger partial charge < -0.3 is 0 Å². The van der Waals surface area contributed by atoms with Crippen molar-refractivity contribution in [2.45, 2.75) is 30.6 Å². The fourth-order valence-corrected chi connectivity index (χ4v) is 5.33. The monoisotopic (exact) mass is 351 g/mol. The van der Waals surface area contributed by atoms with Crippen molar-refractivity contribution in [1.82, 2.24) is 4.31 Å². The van der Waals surface area contributed by atoms with Crippen LogP contribution in [0.2, 0.25) is 5.02 Å². The molecule has 1 aromatic carbocycles. The van der Waals surface area contributed by atoms with Crippen LogP contribution in [0.3, 0.4) is 0 Å². The Morgan fingerprint density at radius 1 is 1.11 bits per heavy atom. The summed E-state index contributed by atoms with van der Waals surface area (Å²) in [6.07, 6.45) is 4.02. The number of hydrogen-bond acceptors (Lipinski definition) is 2. The van der Waals surface area contributed by atoms with Gasteiger partial charge in [0.2, 0.25) is 10.0 Å². The second kappa shape index (κ2) is 5.90. The van der Waals surface area contributed by atoms with Crippen LogP contribution in [0.4, 0.5) is 0 Å². The second-order valence-corrected chi connectivity index (χ2v) is 7.51. The zero-order valence-electron chi connectivity index (χ0n) is 9.90. The summed E-state index contributed by atoms with van der Waals surface area (Å²) in [7, 11) is -3.49. The van der Waals surface area contributed by atoms with E-state index in [1.54, 1.807) is 22.5 Å². The summed E-state index contributed by atoms with van der Waals surface area (Å²) in [4.78, 5) is 0.188. The molecular formula is C12H15BrClNO2S. The van der Waals surface area contributed by atoms with E-state index < -0.39 is 10.0 Å². The molecule has 0 atom stereocenters. The van der Waals surface area contributed by atoms with Gasteiger partial charge in [-0.25, -0.2) is 8.42 Å². The molecule has 0 N–H and O–H groups in total. The highest BCUT2D eigenvalue weighted by Gasteiger charge is 2.29. The summed E-state index contributed by atoms with van der Waals surface area (Å²) in [6.45, 7) is 1.17. The predicted octanol–water partition coefficient (Wildman–Crippen LogP) is 3.67. The zero-order chi connectivity index (χ0) is 13.2. The van der Waals surface area contributed by atoms with Crippen molar-refractivity contribution in [3.63, 3.8) is 0 Å². The highest BCUT2D eigenvalue weighted by atomic mass is 79.9. The summed E-state index contributed by atoms with van der Waals surface area (Å²) in [5, 5.41) is 0.272. The largest absolute Gasteiger partial charge is 0.245 e. The molecule has 1 saturated heterocycles. The molecule has 2 rings (SSSR count). The Morgan fingerprint density at radius 2 is 1.72 bits per heavy atom. The van der Waals surface area contributed by atoms with Crippen LogP contribution in [0.1, 0.15) is 25.7 Å². The van der Waals surface area contributed by atoms with E-state index in [4.69, 9.17) is 11.6 Å². The molecule has 1 aliphatic heterocycles. The minimum Gasteiger partial charge on any atom is -0.207 e. The van der Waals surface area contributed by atoms with Gasteiger partial charge >= 0.3 is 0 Å². The van der Waals surface area contributed by atoms with Gasteiger partial charge in [-0.3, -0.25) is 0 Å². The molecule has 0 saturated carbocycles. The van der Waals surface area contributed by atoms with Crippen molar-refractivity contribution >= 4 is 37.6 Å². The van der Waals surface area contributed by atoms with Gasteiger partial charge in [0.15, 0.2) is 0 Å². The van der Waals surface area contributed by atoms with Crippen LogP contribution in [-0.4, -0.2) is 25.8 Å². The lowest BCUT2D eigenvalue weighted by Gasteiger charge is -2.21. The maximum atomic E-state index is 12.6. The van der Waals surface area contributed by atoms with Crippen LogP contribution in [-0.2, 0) is 10.0 Å². The molecule has 6 heteroatoms. The van der Waals surface area contributed by atoms with Gasteiger partial charge in [-0.1, -0.05) is 30.5 Å². The molecule has 1 aromatic rings. The first-order chi connectivity index (χ1) is 8.53. The number of benzene rings is 1. The van der Waals surface area contributed by atoms with Crippen molar-refractivity contribution in [3.8, 4) is 0 Å². The molecule has 0 radical (unpaired) electrons. The van der Waals surface area contributed by atoms with E-state index in [0.717, 1.165) is 25.7 Å². The first-order valence-electron chi connectivity index (χ1n) is 5.97. The molecule has 1 fully saturated rings. The van der Waals surface area contributed by atoms with E-state index in [-0.39, 0.29) is 9.92 Å². The van der Waals surface area contributed by atoms with E-state index >= 15 is 0 Å². The van der Waals surface area contributed by atoms with Crippen LogP contribution >= 0.6 is 27.5 Å². The van der Waals surface area contributed by atoms with E-state index in [1.165, 1.54) is 0 Å². The maximum Gasteiger partial charge on any atom is 0.245 e. The minimum absolute atomic E-state index is 0.188. The van der Waals surface area contributed by atoms with E-state index in [0.29, 0.717) is 17.6 Å². The normalized spacial score (nSPS) is 18.6. The first-order valence-corrected chi connectivity index (χ1v) is 8.59. The van der Waals surface area contributed by atoms with Gasteiger partial charge in [-0.2, -0.15) is 4.31 Å². The van der Waals surface area contributed by atoms with Gasteiger partial charge in [-0.15, -0.1) is 0 Å². The molecule has 1 aliphatic rings. The zero-order valence-corrected chi connectivity index (χ0v) is 13.1. The average Bonchev–Trinajstić information content (AvgIpc) is 2.57. The molecule has 3 nitrogen and oxygen atoms in total. The summed E-state index contributed by atoms with van der Waals surface area (Å²) in [6, 6.07) is 5.04. The van der Waals surface area contributed by atoms with Gasteiger partial charge in [-0.05, 0) is 40.9 Å². The van der Waals surface area contributed by atoms with Gasteiger partial charge in [0, 0.05) is 17.6 Å². The smallest absolute Gasteiger partial charge is 0.207 e. The van der Waals surface area contributed by atoms with Gasteiger partial charge in [0.25, 0.3) is 0 Å². The molecule has 18 heavy (non-hydrogen) atoms. The van der Waals surface area contributed by atoms with Crippen molar-refractivity contribution in [1.29, 1.82) is 0 Å². The number of nitrogens with zero attached hydrogens (tertiary/aromatic N) is 1. The third-order valence-corrected chi connectivity index (χ3v) is 6.43. The minimum atomic E-state index is -3.49. The summed E-state index contributed by atoms with van der Waals surface area (Å²) >= 11 is 9.32. The van der Waals surface area contributed by atoms with Crippen molar-refractivity contribution < 1.29 is 8.42 Å². The molecule has 0 aliphatic carbocycles. The van der Waals surface area contributed by atoms with Gasteiger partial charge in [0.1, 0.15) is 4.90 Å². The fourth-order valence-electron chi connectivity index (χ4n) is 2.14. The Balaban J connectivity index is 2.41. The molecule has 0 bridgehead atoms. The Labute approximate surface area is 121 Å². The summed E-state index contributed by atoms with van der Waals surface area (Å²) < 4.78 is 27.3. The third kappa shape index (κ3) is 2.90. The second-order valence-electron chi connectivity index (χ2n) is 4.37. The Hall–Kier alpha value is -0.100. The van der Waals surface area contributed by atoms with Gasteiger partial charge in [0.05, 0.1) is 5.02 Å². The van der Waals surface area contributed by atoms with Crippen LogP contribution < -0.4 is 0 Å². The molecule has 0 amide bonds. The van der Waals surface area contributed by atoms with Crippen LogP contribution in [0.25, 0.3) is 0 Å². The maximum absolute atomic E-state index is 12.6. The average molecular weight is 353 g/mol. The SMILES string of the molecule is O=S(=O)(c1c(Cl)cccc1Br)N1CCCCCC1. The summed E-state index contributed by atoms with van der Waals surface area (Å²) in [5.41, 5.74) is 0. The lowest BCUT2D eigenvalue weighted by Crippen LogP contribution is -2.32. The molecule has 0 unspecified atom stereocenters. The van der Waals surface area contributed by atoms with E-state index in [1.807, 2.05) is 0 Å². The quantitative estimate of drug-likeness (QED) is 0.814. The Morgan fingerprint density at radius 3 is 2.28 bits per heavy atom. The van der Waals surface area contributed by atoms with Crippen LogP contribution in [0.15, 0.2) is 27.6 Å². The number of hydrogen-bond donors (Lipinski definition) is 0. The topological polar surface area (TPSA) is 37.4 Å². The highest BCUT2D eigenvalue weighted by Crippen LogP contribution is 2.32. The molecule has 0 spiro atoms. The summed E-state index contributed by atoms with van der Waals surface area (Å²) in [5.74, 6) is 0. The fraction of sp³-hybridized carbons (Fsp3) is 0.500. The third-order valence-electron chi connectivity index (χ3n) is 3.08. The van der Waals surface area contributed by atoms with E-state index in [2.05, 4.69) is 15.9 Å².